The van der Waals surface area contributed by atoms with Gasteiger partial charge in [0.1, 0.15) is 6.29 Å². The molecular weight excluding hydrogens is 136 g/mol. The summed E-state index contributed by atoms with van der Waals surface area (Å²) in [5, 5.41) is 0. The minimum atomic E-state index is -0.0475. The standard InChI is InChI=1S/C10H14O/c1-7-3-10(6-11)4-8(2)9(7)5-10/h3,6,8-9H,4-5H2,1-2H3. The Balaban J connectivity index is 2.37. The van der Waals surface area contributed by atoms with E-state index in [1.165, 1.54) is 5.57 Å². The third kappa shape index (κ3) is 0.800. The van der Waals surface area contributed by atoms with Crippen LogP contribution >= 0.6 is 0 Å². The molecule has 3 atom stereocenters. The van der Waals surface area contributed by atoms with E-state index in [4.69, 9.17) is 0 Å². The topological polar surface area (TPSA) is 17.1 Å². The van der Waals surface area contributed by atoms with Gasteiger partial charge in [0.15, 0.2) is 0 Å². The Morgan fingerprint density at radius 2 is 2.36 bits per heavy atom. The van der Waals surface area contributed by atoms with E-state index in [0.29, 0.717) is 5.92 Å². The van der Waals surface area contributed by atoms with Crippen LogP contribution in [0, 0.1) is 17.3 Å². The van der Waals surface area contributed by atoms with E-state index >= 15 is 0 Å². The van der Waals surface area contributed by atoms with Gasteiger partial charge in [-0.05, 0) is 31.6 Å². The highest BCUT2D eigenvalue weighted by atomic mass is 16.1. The van der Waals surface area contributed by atoms with E-state index in [1.807, 2.05) is 0 Å². The zero-order valence-corrected chi connectivity index (χ0v) is 7.13. The minimum absolute atomic E-state index is 0.0475. The smallest absolute Gasteiger partial charge is 0.129 e. The Morgan fingerprint density at radius 1 is 1.64 bits per heavy atom. The van der Waals surface area contributed by atoms with E-state index in [9.17, 15) is 4.79 Å². The SMILES string of the molecule is CC1=CC2(C=O)CC(C)C1C2. The number of fused-ring (bicyclic) bond motifs is 2. The molecule has 0 amide bonds. The van der Waals surface area contributed by atoms with E-state index in [2.05, 4.69) is 19.9 Å². The maximum atomic E-state index is 10.8. The Morgan fingerprint density at radius 3 is 2.73 bits per heavy atom. The molecule has 0 aromatic carbocycles. The van der Waals surface area contributed by atoms with Gasteiger partial charge < -0.3 is 4.79 Å². The van der Waals surface area contributed by atoms with Gasteiger partial charge in [-0.25, -0.2) is 0 Å². The fourth-order valence-corrected chi connectivity index (χ4v) is 2.85. The second kappa shape index (κ2) is 1.96. The van der Waals surface area contributed by atoms with Crippen LogP contribution in [0.5, 0.6) is 0 Å². The second-order valence-corrected chi connectivity index (χ2v) is 4.23. The van der Waals surface area contributed by atoms with Crippen molar-refractivity contribution in [3.8, 4) is 0 Å². The molecule has 0 N–H and O–H groups in total. The number of carbonyl (C=O) groups is 1. The summed E-state index contributed by atoms with van der Waals surface area (Å²) in [6, 6.07) is 0. The molecule has 0 heterocycles. The Kier molecular flexibility index (Phi) is 1.26. The van der Waals surface area contributed by atoms with E-state index in [-0.39, 0.29) is 5.41 Å². The lowest BCUT2D eigenvalue weighted by Gasteiger charge is -2.19. The maximum absolute atomic E-state index is 10.8. The fraction of sp³-hybridized carbons (Fsp3) is 0.700. The van der Waals surface area contributed by atoms with E-state index in [1.54, 1.807) is 0 Å². The molecule has 0 spiro atoms. The molecule has 1 saturated carbocycles. The first-order valence-corrected chi connectivity index (χ1v) is 4.32. The normalized spacial score (nSPS) is 47.6. The van der Waals surface area contributed by atoms with Gasteiger partial charge in [0, 0.05) is 5.41 Å². The molecule has 1 nitrogen and oxygen atoms in total. The van der Waals surface area contributed by atoms with Crippen molar-refractivity contribution >= 4 is 6.29 Å². The lowest BCUT2D eigenvalue weighted by molar-refractivity contribution is -0.113. The molecule has 3 unspecified atom stereocenters. The zero-order chi connectivity index (χ0) is 8.06. The van der Waals surface area contributed by atoms with Gasteiger partial charge in [0.25, 0.3) is 0 Å². The van der Waals surface area contributed by atoms with Crippen LogP contribution < -0.4 is 0 Å². The Hall–Kier alpha value is -0.590. The van der Waals surface area contributed by atoms with Crippen LogP contribution in [0.4, 0.5) is 0 Å². The monoisotopic (exact) mass is 150 g/mol. The first-order chi connectivity index (χ1) is 5.17. The molecule has 2 rings (SSSR count). The molecule has 0 saturated heterocycles. The molecule has 0 aromatic rings. The number of rotatable bonds is 1. The summed E-state index contributed by atoms with van der Waals surface area (Å²) >= 11 is 0. The lowest BCUT2D eigenvalue weighted by Crippen LogP contribution is -2.15. The fourth-order valence-electron chi connectivity index (χ4n) is 2.85. The summed E-state index contributed by atoms with van der Waals surface area (Å²) in [5.74, 6) is 1.44. The molecule has 1 fully saturated rings. The highest BCUT2D eigenvalue weighted by Crippen LogP contribution is 2.54. The average Bonchev–Trinajstić information content (AvgIpc) is 2.42. The number of hydrogen-bond donors (Lipinski definition) is 0. The second-order valence-electron chi connectivity index (χ2n) is 4.23. The highest BCUT2D eigenvalue weighted by Gasteiger charge is 2.47. The van der Waals surface area contributed by atoms with Crippen LogP contribution in [0.25, 0.3) is 0 Å². The predicted octanol–water partition coefficient (Wildman–Crippen LogP) is 2.18. The molecule has 11 heavy (non-hydrogen) atoms. The summed E-state index contributed by atoms with van der Waals surface area (Å²) in [6.45, 7) is 4.41. The van der Waals surface area contributed by atoms with Crippen molar-refractivity contribution in [1.82, 2.24) is 0 Å². The van der Waals surface area contributed by atoms with Crippen molar-refractivity contribution in [1.29, 1.82) is 0 Å². The van der Waals surface area contributed by atoms with Crippen LogP contribution in [0.2, 0.25) is 0 Å². The van der Waals surface area contributed by atoms with Crippen molar-refractivity contribution in [2.45, 2.75) is 26.7 Å². The highest BCUT2D eigenvalue weighted by molar-refractivity contribution is 5.66. The summed E-state index contributed by atoms with van der Waals surface area (Å²) in [4.78, 5) is 10.8. The van der Waals surface area contributed by atoms with Gasteiger partial charge in [-0.2, -0.15) is 0 Å². The molecular formula is C10H14O. The van der Waals surface area contributed by atoms with Gasteiger partial charge in [-0.15, -0.1) is 0 Å². The van der Waals surface area contributed by atoms with Crippen molar-refractivity contribution in [2.24, 2.45) is 17.3 Å². The average molecular weight is 150 g/mol. The molecule has 2 aliphatic rings. The van der Waals surface area contributed by atoms with Crippen LogP contribution in [0.15, 0.2) is 11.6 Å². The largest absolute Gasteiger partial charge is 0.302 e. The van der Waals surface area contributed by atoms with E-state index < -0.39 is 0 Å². The molecule has 0 aliphatic heterocycles. The predicted molar refractivity (Wildman–Crippen MR) is 44.1 cm³/mol. The lowest BCUT2D eigenvalue weighted by atomic mass is 9.84. The molecule has 0 radical (unpaired) electrons. The Labute approximate surface area is 67.5 Å². The minimum Gasteiger partial charge on any atom is -0.302 e. The van der Waals surface area contributed by atoms with Crippen molar-refractivity contribution in [3.05, 3.63) is 11.6 Å². The van der Waals surface area contributed by atoms with Crippen molar-refractivity contribution in [3.63, 3.8) is 0 Å². The number of aldehydes is 1. The molecule has 1 heteroatoms. The number of hydrogen-bond acceptors (Lipinski definition) is 1. The van der Waals surface area contributed by atoms with Crippen molar-refractivity contribution < 1.29 is 4.79 Å². The van der Waals surface area contributed by atoms with Gasteiger partial charge >= 0.3 is 0 Å². The van der Waals surface area contributed by atoms with Crippen molar-refractivity contribution in [2.75, 3.05) is 0 Å². The molecule has 0 aromatic heterocycles. The van der Waals surface area contributed by atoms with Crippen LogP contribution in [-0.2, 0) is 4.79 Å². The maximum Gasteiger partial charge on any atom is 0.129 e. The first-order valence-electron chi connectivity index (χ1n) is 4.32. The molecule has 2 bridgehead atoms. The molecule has 2 aliphatic carbocycles. The van der Waals surface area contributed by atoms with Gasteiger partial charge in [-0.1, -0.05) is 18.6 Å². The van der Waals surface area contributed by atoms with Gasteiger partial charge in [0.05, 0.1) is 0 Å². The third-order valence-electron chi connectivity index (χ3n) is 3.32. The summed E-state index contributed by atoms with van der Waals surface area (Å²) in [5.41, 5.74) is 1.39. The van der Waals surface area contributed by atoms with Gasteiger partial charge in [0.2, 0.25) is 0 Å². The van der Waals surface area contributed by atoms with Crippen LogP contribution in [-0.4, -0.2) is 6.29 Å². The van der Waals surface area contributed by atoms with Gasteiger partial charge in [-0.3, -0.25) is 0 Å². The molecule has 60 valence electrons. The summed E-state index contributed by atoms with van der Waals surface area (Å²) in [7, 11) is 0. The quantitative estimate of drug-likeness (QED) is 0.413. The third-order valence-corrected chi connectivity index (χ3v) is 3.32. The number of allylic oxidation sites excluding steroid dienone is 2. The Bertz CT molecular complexity index is 229. The number of carbonyl (C=O) groups excluding carboxylic acids is 1. The summed E-state index contributed by atoms with van der Waals surface area (Å²) < 4.78 is 0. The first kappa shape index (κ1) is 7.08. The zero-order valence-electron chi connectivity index (χ0n) is 7.13. The summed E-state index contributed by atoms with van der Waals surface area (Å²) in [6.07, 6.45) is 5.51. The van der Waals surface area contributed by atoms with Crippen LogP contribution in [0.3, 0.4) is 0 Å². The van der Waals surface area contributed by atoms with E-state index in [0.717, 1.165) is 25.0 Å². The van der Waals surface area contributed by atoms with Crippen LogP contribution in [0.1, 0.15) is 26.7 Å².